The maximum Gasteiger partial charge on any atom is 0.245 e. The van der Waals surface area contributed by atoms with Gasteiger partial charge in [-0.25, -0.2) is 0 Å². The topological polar surface area (TPSA) is 70.7 Å². The molecule has 120 valence electrons. The van der Waals surface area contributed by atoms with Crippen LogP contribution in [0.3, 0.4) is 0 Å². The molecule has 0 aromatic carbocycles. The van der Waals surface area contributed by atoms with Gasteiger partial charge in [-0.05, 0) is 31.7 Å². The average molecular weight is 297 g/mol. The van der Waals surface area contributed by atoms with Gasteiger partial charge in [0.2, 0.25) is 11.8 Å². The highest BCUT2D eigenvalue weighted by molar-refractivity contribution is 5.90. The molecular weight excluding hydrogens is 270 g/mol. The maximum absolute atomic E-state index is 12.7. The van der Waals surface area contributed by atoms with Crippen LogP contribution in [0.4, 0.5) is 0 Å². The van der Waals surface area contributed by atoms with Gasteiger partial charge < -0.3 is 20.3 Å². The molecule has 3 atom stereocenters. The number of piperidine rings is 1. The van der Waals surface area contributed by atoms with E-state index in [0.717, 1.165) is 25.8 Å². The van der Waals surface area contributed by atoms with Crippen molar-refractivity contribution in [2.45, 2.75) is 45.2 Å². The summed E-state index contributed by atoms with van der Waals surface area (Å²) in [6.45, 7) is 6.98. The van der Waals surface area contributed by atoms with E-state index in [1.54, 1.807) is 4.90 Å². The average Bonchev–Trinajstić information content (AvgIpc) is 2.52. The minimum absolute atomic E-state index is 0.0431. The molecule has 0 saturated carbocycles. The molecule has 0 aromatic rings. The SMILES string of the molecule is CCCNC(=O)C1COCCN1C(=O)C1CC(C)CCN1. The molecule has 2 fully saturated rings. The summed E-state index contributed by atoms with van der Waals surface area (Å²) in [7, 11) is 0. The van der Waals surface area contributed by atoms with Gasteiger partial charge in [0.15, 0.2) is 0 Å². The monoisotopic (exact) mass is 297 g/mol. The fourth-order valence-corrected chi connectivity index (χ4v) is 2.95. The van der Waals surface area contributed by atoms with E-state index in [2.05, 4.69) is 17.6 Å². The largest absolute Gasteiger partial charge is 0.377 e. The molecule has 3 unspecified atom stereocenters. The number of nitrogens with zero attached hydrogens (tertiary/aromatic N) is 1. The number of rotatable bonds is 4. The lowest BCUT2D eigenvalue weighted by atomic mass is 9.93. The molecule has 21 heavy (non-hydrogen) atoms. The Hall–Kier alpha value is -1.14. The fourth-order valence-electron chi connectivity index (χ4n) is 2.95. The Morgan fingerprint density at radius 3 is 2.95 bits per heavy atom. The van der Waals surface area contributed by atoms with Crippen molar-refractivity contribution in [2.24, 2.45) is 5.92 Å². The summed E-state index contributed by atoms with van der Waals surface area (Å²) in [4.78, 5) is 26.6. The maximum atomic E-state index is 12.7. The molecule has 2 saturated heterocycles. The second-order valence-corrected chi connectivity index (χ2v) is 6.05. The van der Waals surface area contributed by atoms with Gasteiger partial charge in [0.05, 0.1) is 19.3 Å². The first-order chi connectivity index (χ1) is 10.1. The number of hydrogen-bond acceptors (Lipinski definition) is 4. The minimum atomic E-state index is -0.489. The molecule has 2 amide bonds. The fraction of sp³-hybridized carbons (Fsp3) is 0.867. The zero-order valence-electron chi connectivity index (χ0n) is 13.1. The Labute approximate surface area is 126 Å². The number of ether oxygens (including phenoxy) is 1. The number of amides is 2. The van der Waals surface area contributed by atoms with Crippen LogP contribution in [0.5, 0.6) is 0 Å². The van der Waals surface area contributed by atoms with Crippen LogP contribution in [0.2, 0.25) is 0 Å². The van der Waals surface area contributed by atoms with Gasteiger partial charge in [-0.2, -0.15) is 0 Å². The van der Waals surface area contributed by atoms with Crippen LogP contribution >= 0.6 is 0 Å². The zero-order valence-corrected chi connectivity index (χ0v) is 13.1. The van der Waals surface area contributed by atoms with Gasteiger partial charge in [-0.3, -0.25) is 9.59 Å². The summed E-state index contributed by atoms with van der Waals surface area (Å²) in [6.07, 6.45) is 2.84. The summed E-state index contributed by atoms with van der Waals surface area (Å²) < 4.78 is 5.40. The standard InChI is InChI=1S/C15H27N3O3/c1-3-5-17-14(19)13-10-21-8-7-18(13)15(20)12-9-11(2)4-6-16-12/h11-13,16H,3-10H2,1-2H3,(H,17,19). The third kappa shape index (κ3) is 4.17. The smallest absolute Gasteiger partial charge is 0.245 e. The first kappa shape index (κ1) is 16.2. The third-order valence-electron chi connectivity index (χ3n) is 4.23. The van der Waals surface area contributed by atoms with Gasteiger partial charge in [0.1, 0.15) is 6.04 Å². The second kappa shape index (κ2) is 7.75. The first-order valence-electron chi connectivity index (χ1n) is 8.02. The molecule has 0 aliphatic carbocycles. The van der Waals surface area contributed by atoms with Crippen molar-refractivity contribution in [3.8, 4) is 0 Å². The van der Waals surface area contributed by atoms with Crippen LogP contribution in [0.15, 0.2) is 0 Å². The number of nitrogens with one attached hydrogen (secondary N) is 2. The van der Waals surface area contributed by atoms with Crippen molar-refractivity contribution in [3.63, 3.8) is 0 Å². The predicted octanol–water partition coefficient (Wildman–Crippen LogP) is 0.128. The van der Waals surface area contributed by atoms with Gasteiger partial charge in [-0.1, -0.05) is 13.8 Å². The van der Waals surface area contributed by atoms with Crippen molar-refractivity contribution in [3.05, 3.63) is 0 Å². The van der Waals surface area contributed by atoms with Crippen molar-refractivity contribution in [1.82, 2.24) is 15.5 Å². The van der Waals surface area contributed by atoms with Crippen molar-refractivity contribution in [2.75, 3.05) is 32.8 Å². The zero-order chi connectivity index (χ0) is 15.2. The normalized spacial score (nSPS) is 30.0. The summed E-state index contributed by atoms with van der Waals surface area (Å²) in [5.41, 5.74) is 0. The Balaban J connectivity index is 2.00. The van der Waals surface area contributed by atoms with E-state index in [-0.39, 0.29) is 17.9 Å². The molecule has 2 rings (SSSR count). The predicted molar refractivity (Wildman–Crippen MR) is 79.8 cm³/mol. The second-order valence-electron chi connectivity index (χ2n) is 6.05. The lowest BCUT2D eigenvalue weighted by Crippen LogP contribution is -2.60. The molecular formula is C15H27N3O3. The Kier molecular flexibility index (Phi) is 5.99. The van der Waals surface area contributed by atoms with E-state index < -0.39 is 6.04 Å². The van der Waals surface area contributed by atoms with Crippen LogP contribution < -0.4 is 10.6 Å². The molecule has 6 nitrogen and oxygen atoms in total. The summed E-state index contributed by atoms with van der Waals surface area (Å²) >= 11 is 0. The Morgan fingerprint density at radius 2 is 2.24 bits per heavy atom. The molecule has 0 radical (unpaired) electrons. The van der Waals surface area contributed by atoms with Crippen LogP contribution in [-0.4, -0.2) is 61.6 Å². The number of morpholine rings is 1. The third-order valence-corrected chi connectivity index (χ3v) is 4.23. The Morgan fingerprint density at radius 1 is 1.43 bits per heavy atom. The number of carbonyl (C=O) groups excluding carboxylic acids is 2. The molecule has 2 heterocycles. The lowest BCUT2D eigenvalue weighted by molar-refractivity contribution is -0.150. The van der Waals surface area contributed by atoms with Crippen LogP contribution in [0, 0.1) is 5.92 Å². The summed E-state index contributed by atoms with van der Waals surface area (Å²) in [5, 5.41) is 6.15. The van der Waals surface area contributed by atoms with E-state index in [0.29, 0.717) is 32.2 Å². The lowest BCUT2D eigenvalue weighted by Gasteiger charge is -2.38. The van der Waals surface area contributed by atoms with Crippen molar-refractivity contribution < 1.29 is 14.3 Å². The van der Waals surface area contributed by atoms with Crippen LogP contribution in [0.25, 0.3) is 0 Å². The summed E-state index contributed by atoms with van der Waals surface area (Å²) in [5.74, 6) is 0.490. The van der Waals surface area contributed by atoms with E-state index >= 15 is 0 Å². The van der Waals surface area contributed by atoms with E-state index in [1.165, 1.54) is 0 Å². The van der Waals surface area contributed by atoms with Gasteiger partial charge >= 0.3 is 0 Å². The quantitative estimate of drug-likeness (QED) is 0.774. The van der Waals surface area contributed by atoms with Crippen LogP contribution in [-0.2, 0) is 14.3 Å². The van der Waals surface area contributed by atoms with Gasteiger partial charge in [0, 0.05) is 13.1 Å². The highest BCUT2D eigenvalue weighted by Gasteiger charge is 2.37. The Bertz CT molecular complexity index is 375. The summed E-state index contributed by atoms with van der Waals surface area (Å²) in [6, 6.07) is -0.648. The highest BCUT2D eigenvalue weighted by Crippen LogP contribution is 2.18. The van der Waals surface area contributed by atoms with E-state index in [4.69, 9.17) is 4.74 Å². The molecule has 0 aromatic heterocycles. The van der Waals surface area contributed by atoms with E-state index in [9.17, 15) is 9.59 Å². The molecule has 2 aliphatic rings. The first-order valence-corrected chi connectivity index (χ1v) is 8.02. The number of carbonyl (C=O) groups is 2. The van der Waals surface area contributed by atoms with Gasteiger partial charge in [0.25, 0.3) is 0 Å². The van der Waals surface area contributed by atoms with Crippen LogP contribution in [0.1, 0.15) is 33.1 Å². The minimum Gasteiger partial charge on any atom is -0.377 e. The molecule has 0 spiro atoms. The van der Waals surface area contributed by atoms with E-state index in [1.807, 2.05) is 6.92 Å². The molecule has 2 N–H and O–H groups in total. The van der Waals surface area contributed by atoms with Crippen molar-refractivity contribution in [1.29, 1.82) is 0 Å². The highest BCUT2D eigenvalue weighted by atomic mass is 16.5. The molecule has 6 heteroatoms. The molecule has 2 aliphatic heterocycles. The molecule has 0 bridgehead atoms. The number of hydrogen-bond donors (Lipinski definition) is 2. The van der Waals surface area contributed by atoms with Gasteiger partial charge in [-0.15, -0.1) is 0 Å². The van der Waals surface area contributed by atoms with Crippen molar-refractivity contribution >= 4 is 11.8 Å².